The number of allylic oxidation sites excluding steroid dienone is 3. The maximum atomic E-state index is 7.48. The average Bonchev–Trinajstić information content (AvgIpc) is 2.32. The lowest BCUT2D eigenvalue weighted by Crippen LogP contribution is -2.00. The Kier molecular flexibility index (Phi) is 12.6. The van der Waals surface area contributed by atoms with Crippen LogP contribution in [-0.2, 0) is 0 Å². The van der Waals surface area contributed by atoms with Crippen molar-refractivity contribution < 1.29 is 0 Å². The van der Waals surface area contributed by atoms with Gasteiger partial charge in [-0.3, -0.25) is 0 Å². The number of nitrogens with one attached hydrogen (secondary N) is 1. The fourth-order valence-electron chi connectivity index (χ4n) is 1.24. The lowest BCUT2D eigenvalue weighted by molar-refractivity contribution is 1.20. The Balaban J connectivity index is 0. The zero-order valence-electron chi connectivity index (χ0n) is 10.1. The minimum atomic E-state index is -1.07. The van der Waals surface area contributed by atoms with Gasteiger partial charge in [-0.05, 0) is 0 Å². The largest absolute Gasteiger partial charge is 0.229 e. The van der Waals surface area contributed by atoms with E-state index in [-0.39, 0.29) is 0 Å². The highest BCUT2D eigenvalue weighted by atomic mass is 31.2. The van der Waals surface area contributed by atoms with Gasteiger partial charge in [0.05, 0.1) is 31.6 Å². The predicted octanol–water partition coefficient (Wildman–Crippen LogP) is 3.24. The van der Waals surface area contributed by atoms with Crippen molar-refractivity contribution in [3.8, 4) is 12.4 Å². The number of nitrogens with zero attached hydrogens (tertiary/aromatic N) is 2. The summed E-state index contributed by atoms with van der Waals surface area (Å²) in [4.78, 5) is 0. The molecule has 0 radical (unpaired) electrons. The molecular weight excluding hydrogens is 229 g/mol. The van der Waals surface area contributed by atoms with Crippen molar-refractivity contribution in [3.05, 3.63) is 50.4 Å². The highest BCUT2D eigenvalue weighted by Crippen LogP contribution is 2.59. The molecule has 0 aliphatic carbocycles. The van der Waals surface area contributed by atoms with E-state index in [1.165, 1.54) is 12.4 Å². The topological polar surface area (TPSA) is 59.6 Å². The fourth-order valence-corrected chi connectivity index (χ4v) is 3.68. The molecule has 0 spiro atoms. The van der Waals surface area contributed by atoms with Gasteiger partial charge in [0.25, 0.3) is 0 Å². The average molecular weight is 248 g/mol. The number of hydrogen-bond acceptors (Lipinski definition) is 3. The molecule has 0 aliphatic rings. The van der Waals surface area contributed by atoms with Gasteiger partial charge >= 0.3 is 0 Å². The van der Waals surface area contributed by atoms with E-state index in [0.717, 1.165) is 18.5 Å². The summed E-state index contributed by atoms with van der Waals surface area (Å²) < 4.78 is 0. The first kappa shape index (κ1) is 17.6. The molecule has 0 amide bonds. The van der Waals surface area contributed by atoms with Crippen molar-refractivity contribution in [1.29, 1.82) is 10.5 Å². The molecule has 0 saturated heterocycles. The molecule has 4 heteroatoms. The third-order valence-corrected chi connectivity index (χ3v) is 5.71. The van der Waals surface area contributed by atoms with Crippen LogP contribution in [-0.4, -0.2) is 18.5 Å². The van der Waals surface area contributed by atoms with Crippen molar-refractivity contribution in [3.63, 3.8) is 0 Å². The quantitative estimate of drug-likeness (QED) is 0.325. The van der Waals surface area contributed by atoms with E-state index in [4.69, 9.17) is 10.5 Å². The Morgan fingerprint density at radius 1 is 0.882 bits per heavy atom. The van der Waals surface area contributed by atoms with Crippen LogP contribution in [0.1, 0.15) is 0 Å². The Hall–Kier alpha value is -1.83. The monoisotopic (exact) mass is 248 g/mol. The normalized spacial score (nSPS) is 8.35. The molecule has 90 valence electrons. The van der Waals surface area contributed by atoms with Crippen molar-refractivity contribution in [2.45, 2.75) is 0 Å². The van der Waals surface area contributed by atoms with Gasteiger partial charge in [0, 0.05) is 0 Å². The number of hydrogen-bond donors (Lipinski definition) is 1. The van der Waals surface area contributed by atoms with Crippen LogP contribution in [0.3, 0.4) is 0 Å². The third-order valence-electron chi connectivity index (χ3n) is 1.98. The second-order valence-electron chi connectivity index (χ2n) is 3.16. The standard InChI is InChI=1S/C11H18P.C2HN3/c1-5-9-12(8-4,10-6-2)11-7-3;3-1-5-2-4/h5-8H,1-4,9-11H2;5H/q+1;. The SMILES string of the molecule is C=CC[P+](C=C)(CC=C)CC=C.N#CNC#N. The zero-order chi connectivity index (χ0) is 13.6. The van der Waals surface area contributed by atoms with Crippen LogP contribution in [0, 0.1) is 22.9 Å². The van der Waals surface area contributed by atoms with Crippen LogP contribution >= 0.6 is 7.26 Å². The highest BCUT2D eigenvalue weighted by Gasteiger charge is 2.29. The van der Waals surface area contributed by atoms with Gasteiger partial charge in [0.1, 0.15) is 0 Å². The minimum absolute atomic E-state index is 1.05. The third kappa shape index (κ3) is 9.12. The lowest BCUT2D eigenvalue weighted by Gasteiger charge is -2.18. The maximum Gasteiger partial charge on any atom is 0.190 e. The number of rotatable bonds is 7. The molecule has 0 unspecified atom stereocenters. The molecule has 17 heavy (non-hydrogen) atoms. The molecular formula is C13H19N3P+. The van der Waals surface area contributed by atoms with Crippen LogP contribution in [0.5, 0.6) is 0 Å². The smallest absolute Gasteiger partial charge is 0.190 e. The van der Waals surface area contributed by atoms with Crippen molar-refractivity contribution in [1.82, 2.24) is 5.32 Å². The molecule has 0 bridgehead atoms. The van der Waals surface area contributed by atoms with E-state index in [1.807, 2.05) is 18.2 Å². The summed E-state index contributed by atoms with van der Waals surface area (Å²) >= 11 is 0. The zero-order valence-corrected chi connectivity index (χ0v) is 11.0. The number of nitriles is 2. The molecule has 0 rings (SSSR count). The summed E-state index contributed by atoms with van der Waals surface area (Å²) in [6.07, 6.45) is 11.9. The summed E-state index contributed by atoms with van der Waals surface area (Å²) in [6, 6.07) is 0. The molecule has 0 aromatic heterocycles. The first-order valence-corrected chi connectivity index (χ1v) is 7.43. The van der Waals surface area contributed by atoms with E-state index in [2.05, 4.69) is 32.1 Å². The molecule has 0 aliphatic heterocycles. The molecule has 1 N–H and O–H groups in total. The van der Waals surface area contributed by atoms with E-state index in [9.17, 15) is 0 Å². The van der Waals surface area contributed by atoms with Gasteiger partial charge in [-0.15, -0.1) is 0 Å². The van der Waals surface area contributed by atoms with E-state index >= 15 is 0 Å². The summed E-state index contributed by atoms with van der Waals surface area (Å²) in [5.41, 5.74) is 0. The van der Waals surface area contributed by atoms with Crippen LogP contribution in [0.4, 0.5) is 0 Å². The van der Waals surface area contributed by atoms with E-state index in [0.29, 0.717) is 0 Å². The highest BCUT2D eigenvalue weighted by molar-refractivity contribution is 7.79. The van der Waals surface area contributed by atoms with E-state index < -0.39 is 7.26 Å². The first-order valence-electron chi connectivity index (χ1n) is 5.01. The Bertz CT molecular complexity index is 295. The summed E-state index contributed by atoms with van der Waals surface area (Å²) in [6.45, 7) is 15.2. The Labute approximate surface area is 105 Å². The first-order chi connectivity index (χ1) is 8.16. The fraction of sp³-hybridized carbons (Fsp3) is 0.231. The second-order valence-corrected chi connectivity index (χ2v) is 7.06. The molecule has 0 aromatic carbocycles. The molecule has 3 nitrogen and oxygen atoms in total. The van der Waals surface area contributed by atoms with Crippen molar-refractivity contribution in [2.75, 3.05) is 18.5 Å². The van der Waals surface area contributed by atoms with Crippen molar-refractivity contribution in [2.24, 2.45) is 0 Å². The van der Waals surface area contributed by atoms with Gasteiger partial charge < -0.3 is 0 Å². The van der Waals surface area contributed by atoms with Crippen LogP contribution in [0.15, 0.2) is 50.4 Å². The van der Waals surface area contributed by atoms with Gasteiger partial charge in [0.2, 0.25) is 0 Å². The molecule has 0 saturated carbocycles. The Morgan fingerprint density at radius 2 is 1.24 bits per heavy atom. The van der Waals surface area contributed by atoms with Gasteiger partial charge in [-0.25, -0.2) is 5.32 Å². The summed E-state index contributed by atoms with van der Waals surface area (Å²) in [7, 11) is -1.07. The Morgan fingerprint density at radius 3 is 1.35 bits per heavy atom. The molecule has 0 aromatic rings. The molecule has 0 atom stereocenters. The van der Waals surface area contributed by atoms with Crippen LogP contribution in [0.25, 0.3) is 0 Å². The maximum absolute atomic E-state index is 7.48. The van der Waals surface area contributed by atoms with Crippen LogP contribution in [0.2, 0.25) is 0 Å². The van der Waals surface area contributed by atoms with Crippen LogP contribution < -0.4 is 5.32 Å². The summed E-state index contributed by atoms with van der Waals surface area (Å²) in [5.74, 6) is 2.10. The molecule has 0 heterocycles. The van der Waals surface area contributed by atoms with E-state index in [1.54, 1.807) is 5.32 Å². The second kappa shape index (κ2) is 12.2. The minimum Gasteiger partial charge on any atom is -0.229 e. The molecule has 0 fully saturated rings. The van der Waals surface area contributed by atoms with Gasteiger partial charge in [-0.2, -0.15) is 10.5 Å². The van der Waals surface area contributed by atoms with Crippen molar-refractivity contribution >= 4 is 7.26 Å². The van der Waals surface area contributed by atoms with Gasteiger partial charge in [-0.1, -0.05) is 44.5 Å². The van der Waals surface area contributed by atoms with Gasteiger partial charge in [0.15, 0.2) is 12.4 Å². The lowest BCUT2D eigenvalue weighted by atomic mass is 10.7. The predicted molar refractivity (Wildman–Crippen MR) is 76.7 cm³/mol. The summed E-state index contributed by atoms with van der Waals surface area (Å²) in [5, 5.41) is 16.7.